The van der Waals surface area contributed by atoms with E-state index in [4.69, 9.17) is 11.3 Å². The van der Waals surface area contributed by atoms with Crippen LogP contribution in [0.5, 0.6) is 0 Å². The first-order valence-electron chi connectivity index (χ1n) is 4.87. The Bertz CT molecular complexity index is 337. The van der Waals surface area contributed by atoms with Gasteiger partial charge in [0.1, 0.15) is 5.60 Å². The molecule has 1 amide bonds. The Morgan fingerprint density at radius 2 is 2.00 bits per heavy atom. The molecule has 4 heteroatoms. The first kappa shape index (κ1) is 11.6. The van der Waals surface area contributed by atoms with E-state index in [0.717, 1.165) is 5.57 Å². The van der Waals surface area contributed by atoms with Gasteiger partial charge in [-0.2, -0.15) is 0 Å². The Labute approximate surface area is 90.3 Å². The lowest BCUT2D eigenvalue weighted by atomic mass is 10.1. The van der Waals surface area contributed by atoms with Gasteiger partial charge in [-0.15, -0.1) is 0 Å². The van der Waals surface area contributed by atoms with Crippen LogP contribution >= 0.6 is 0 Å². The molecule has 0 aromatic heterocycles. The SMILES string of the molecule is [C-]#[N+]C(C)=C1CN(C(=O)OC(C)(C)C)C1. The number of allylic oxidation sites excluding steroid dienone is 1. The number of hydrogen-bond acceptors (Lipinski definition) is 2. The van der Waals surface area contributed by atoms with Crippen LogP contribution in [0.2, 0.25) is 0 Å². The predicted octanol–water partition coefficient (Wildman–Crippen LogP) is 2.43. The average Bonchev–Trinajstić information content (AvgIpc) is 1.97. The number of likely N-dealkylation sites (tertiary alicyclic amines) is 1. The standard InChI is InChI=1S/C11H16N2O2/c1-8(12-5)9-6-13(7-9)10(14)15-11(2,3)4/h6-7H2,1-4H3. The van der Waals surface area contributed by atoms with E-state index in [1.807, 2.05) is 20.8 Å². The van der Waals surface area contributed by atoms with Crippen molar-refractivity contribution in [1.82, 2.24) is 4.90 Å². The van der Waals surface area contributed by atoms with E-state index in [1.54, 1.807) is 11.8 Å². The predicted molar refractivity (Wildman–Crippen MR) is 57.1 cm³/mol. The van der Waals surface area contributed by atoms with Crippen molar-refractivity contribution in [2.24, 2.45) is 0 Å². The van der Waals surface area contributed by atoms with Gasteiger partial charge in [-0.1, -0.05) is 0 Å². The smallest absolute Gasteiger partial charge is 0.410 e. The molecule has 0 aromatic rings. The molecule has 0 bridgehead atoms. The number of carbonyl (C=O) groups excluding carboxylic acids is 1. The summed E-state index contributed by atoms with van der Waals surface area (Å²) < 4.78 is 5.19. The fourth-order valence-electron chi connectivity index (χ4n) is 1.18. The third kappa shape index (κ3) is 2.98. The summed E-state index contributed by atoms with van der Waals surface area (Å²) in [6.45, 7) is 15.2. The fraction of sp³-hybridized carbons (Fsp3) is 0.636. The molecule has 1 fully saturated rings. The summed E-state index contributed by atoms with van der Waals surface area (Å²) in [6, 6.07) is 0. The van der Waals surface area contributed by atoms with Crippen molar-refractivity contribution in [1.29, 1.82) is 0 Å². The van der Waals surface area contributed by atoms with Gasteiger partial charge in [-0.3, -0.25) is 0 Å². The number of rotatable bonds is 0. The van der Waals surface area contributed by atoms with E-state index < -0.39 is 5.60 Å². The molecule has 0 aliphatic carbocycles. The summed E-state index contributed by atoms with van der Waals surface area (Å²) >= 11 is 0. The second kappa shape index (κ2) is 3.93. The van der Waals surface area contributed by atoms with Gasteiger partial charge in [0.25, 0.3) is 0 Å². The Balaban J connectivity index is 2.47. The van der Waals surface area contributed by atoms with Crippen LogP contribution in [0.1, 0.15) is 27.7 Å². The Morgan fingerprint density at radius 3 is 2.40 bits per heavy atom. The van der Waals surface area contributed by atoms with Crippen molar-refractivity contribution in [3.63, 3.8) is 0 Å². The lowest BCUT2D eigenvalue weighted by Crippen LogP contribution is -2.47. The summed E-state index contributed by atoms with van der Waals surface area (Å²) in [5, 5.41) is 0. The Hall–Kier alpha value is -1.50. The highest BCUT2D eigenvalue weighted by Gasteiger charge is 2.30. The van der Waals surface area contributed by atoms with Crippen molar-refractivity contribution < 1.29 is 9.53 Å². The minimum absolute atomic E-state index is 0.302. The van der Waals surface area contributed by atoms with Crippen molar-refractivity contribution >= 4 is 6.09 Å². The number of ether oxygens (including phenoxy) is 1. The molecule has 15 heavy (non-hydrogen) atoms. The molecule has 0 saturated carbocycles. The molecule has 4 nitrogen and oxygen atoms in total. The molecular formula is C11H16N2O2. The maximum atomic E-state index is 11.5. The average molecular weight is 208 g/mol. The van der Waals surface area contributed by atoms with Crippen LogP contribution < -0.4 is 0 Å². The number of hydrogen-bond donors (Lipinski definition) is 0. The second-order valence-corrected chi connectivity index (χ2v) is 4.64. The van der Waals surface area contributed by atoms with Crippen molar-refractivity contribution in [2.45, 2.75) is 33.3 Å². The van der Waals surface area contributed by atoms with E-state index in [2.05, 4.69) is 4.85 Å². The van der Waals surface area contributed by atoms with Crippen LogP contribution in [0, 0.1) is 6.57 Å². The molecule has 1 aliphatic rings. The molecule has 1 aliphatic heterocycles. The zero-order valence-corrected chi connectivity index (χ0v) is 9.63. The molecule has 82 valence electrons. The molecule has 0 radical (unpaired) electrons. The van der Waals surface area contributed by atoms with Crippen molar-refractivity contribution in [3.05, 3.63) is 22.7 Å². The quantitative estimate of drug-likeness (QED) is 0.573. The first-order chi connectivity index (χ1) is 6.83. The van der Waals surface area contributed by atoms with E-state index in [0.29, 0.717) is 18.8 Å². The zero-order chi connectivity index (χ0) is 11.6. The highest BCUT2D eigenvalue weighted by atomic mass is 16.6. The normalized spacial score (nSPS) is 15.4. The Kier molecular flexibility index (Phi) is 3.04. The van der Waals surface area contributed by atoms with Gasteiger partial charge < -0.3 is 9.64 Å². The largest absolute Gasteiger partial charge is 0.444 e. The number of nitrogens with zero attached hydrogens (tertiary/aromatic N) is 2. The van der Waals surface area contributed by atoms with Gasteiger partial charge in [0, 0.05) is 13.1 Å². The van der Waals surface area contributed by atoms with Gasteiger partial charge in [-0.25, -0.2) is 9.64 Å². The molecule has 1 heterocycles. The summed E-state index contributed by atoms with van der Waals surface area (Å²) in [5.74, 6) is 0. The van der Waals surface area contributed by atoms with Crippen LogP contribution in [0.4, 0.5) is 4.79 Å². The molecule has 0 N–H and O–H groups in total. The third-order valence-corrected chi connectivity index (χ3v) is 2.09. The highest BCUT2D eigenvalue weighted by molar-refractivity contribution is 5.71. The van der Waals surface area contributed by atoms with E-state index in [1.165, 1.54) is 0 Å². The highest BCUT2D eigenvalue weighted by Crippen LogP contribution is 2.21. The molecule has 1 rings (SSSR count). The maximum Gasteiger partial charge on any atom is 0.410 e. The van der Waals surface area contributed by atoms with E-state index in [9.17, 15) is 4.79 Å². The number of carbonyl (C=O) groups is 1. The zero-order valence-electron chi connectivity index (χ0n) is 9.63. The summed E-state index contributed by atoms with van der Waals surface area (Å²) in [4.78, 5) is 16.4. The third-order valence-electron chi connectivity index (χ3n) is 2.09. The molecule has 0 unspecified atom stereocenters. The van der Waals surface area contributed by atoms with Crippen LogP contribution in [0.15, 0.2) is 11.3 Å². The first-order valence-corrected chi connectivity index (χ1v) is 4.87. The Morgan fingerprint density at radius 1 is 1.47 bits per heavy atom. The van der Waals surface area contributed by atoms with Crippen LogP contribution in [-0.2, 0) is 4.74 Å². The lowest BCUT2D eigenvalue weighted by Gasteiger charge is -2.36. The molecule has 1 saturated heterocycles. The summed E-state index contributed by atoms with van der Waals surface area (Å²) in [7, 11) is 0. The van der Waals surface area contributed by atoms with Gasteiger partial charge in [0.15, 0.2) is 5.70 Å². The molecule has 0 atom stereocenters. The van der Waals surface area contributed by atoms with E-state index >= 15 is 0 Å². The van der Waals surface area contributed by atoms with Crippen LogP contribution in [0.25, 0.3) is 4.85 Å². The minimum atomic E-state index is -0.453. The van der Waals surface area contributed by atoms with Crippen LogP contribution in [0.3, 0.4) is 0 Å². The number of amides is 1. The second-order valence-electron chi connectivity index (χ2n) is 4.64. The maximum absolute atomic E-state index is 11.5. The van der Waals surface area contributed by atoms with Crippen LogP contribution in [-0.4, -0.2) is 29.7 Å². The molecular weight excluding hydrogens is 192 g/mol. The summed E-state index contributed by atoms with van der Waals surface area (Å²) in [6.07, 6.45) is -0.302. The fourth-order valence-corrected chi connectivity index (χ4v) is 1.18. The summed E-state index contributed by atoms with van der Waals surface area (Å²) in [5.41, 5.74) is 1.26. The molecule has 0 spiro atoms. The van der Waals surface area contributed by atoms with Gasteiger partial charge in [-0.05, 0) is 33.3 Å². The van der Waals surface area contributed by atoms with Gasteiger partial charge >= 0.3 is 6.09 Å². The molecule has 0 aromatic carbocycles. The van der Waals surface area contributed by atoms with Gasteiger partial charge in [0.2, 0.25) is 0 Å². The van der Waals surface area contributed by atoms with Crippen molar-refractivity contribution in [2.75, 3.05) is 13.1 Å². The topological polar surface area (TPSA) is 33.9 Å². The minimum Gasteiger partial charge on any atom is -0.444 e. The van der Waals surface area contributed by atoms with E-state index in [-0.39, 0.29) is 6.09 Å². The van der Waals surface area contributed by atoms with Gasteiger partial charge in [0.05, 0.1) is 6.57 Å². The lowest BCUT2D eigenvalue weighted by molar-refractivity contribution is 0.0213. The monoisotopic (exact) mass is 208 g/mol. The van der Waals surface area contributed by atoms with Crippen molar-refractivity contribution in [3.8, 4) is 0 Å².